The van der Waals surface area contributed by atoms with E-state index < -0.39 is 0 Å². The maximum Gasteiger partial charge on any atom is 0.221 e. The zero-order chi connectivity index (χ0) is 13.4. The zero-order valence-electron chi connectivity index (χ0n) is 11.0. The molecule has 0 saturated heterocycles. The van der Waals surface area contributed by atoms with E-state index in [1.54, 1.807) is 18.2 Å². The summed E-state index contributed by atoms with van der Waals surface area (Å²) in [6.45, 7) is 8.74. The Labute approximate surface area is 102 Å². The van der Waals surface area contributed by atoms with Crippen molar-refractivity contribution in [3.63, 3.8) is 0 Å². The summed E-state index contributed by atoms with van der Waals surface area (Å²) in [5.41, 5.74) is 2.28. The van der Waals surface area contributed by atoms with Gasteiger partial charge >= 0.3 is 0 Å². The van der Waals surface area contributed by atoms with Crippen molar-refractivity contribution in [1.82, 2.24) is 0 Å². The van der Waals surface area contributed by atoms with E-state index in [1.165, 1.54) is 13.8 Å². The van der Waals surface area contributed by atoms with E-state index >= 15 is 0 Å². The summed E-state index contributed by atoms with van der Waals surface area (Å²) in [5, 5.41) is 5.39. The molecule has 0 aromatic heterocycles. The van der Waals surface area contributed by atoms with Crippen molar-refractivity contribution in [3.8, 4) is 0 Å². The average Bonchev–Trinajstić information content (AvgIpc) is 2.25. The molecule has 0 bridgehead atoms. The first-order valence-electron chi connectivity index (χ1n) is 5.65. The van der Waals surface area contributed by atoms with E-state index in [-0.39, 0.29) is 11.8 Å². The molecular formula is C13H20N2O2. The van der Waals surface area contributed by atoms with Gasteiger partial charge in [0.05, 0.1) is 0 Å². The first-order valence-corrected chi connectivity index (χ1v) is 5.65. The van der Waals surface area contributed by atoms with Crippen molar-refractivity contribution in [3.05, 3.63) is 23.8 Å². The molecule has 17 heavy (non-hydrogen) atoms. The lowest BCUT2D eigenvalue weighted by molar-refractivity contribution is -0.115. The lowest BCUT2D eigenvalue weighted by Gasteiger charge is -2.11. The minimum Gasteiger partial charge on any atom is -0.326 e. The quantitative estimate of drug-likeness (QED) is 0.829. The molecule has 94 valence electrons. The van der Waals surface area contributed by atoms with Crippen LogP contribution in [0.4, 0.5) is 11.4 Å². The van der Waals surface area contributed by atoms with Gasteiger partial charge in [-0.05, 0) is 24.6 Å². The van der Waals surface area contributed by atoms with Crippen LogP contribution in [0.3, 0.4) is 0 Å². The molecule has 0 atom stereocenters. The minimum absolute atomic E-state index is 0.127. The third kappa shape index (κ3) is 5.15. The average molecular weight is 236 g/mol. The van der Waals surface area contributed by atoms with E-state index in [0.29, 0.717) is 11.4 Å². The van der Waals surface area contributed by atoms with Crippen LogP contribution in [0.5, 0.6) is 0 Å². The molecule has 0 saturated carbocycles. The van der Waals surface area contributed by atoms with Crippen LogP contribution >= 0.6 is 0 Å². The number of benzene rings is 1. The maximum absolute atomic E-state index is 10.9. The molecule has 0 fully saturated rings. The first kappa shape index (κ1) is 15.2. The fourth-order valence-corrected chi connectivity index (χ4v) is 1.29. The molecule has 4 nitrogen and oxygen atoms in total. The van der Waals surface area contributed by atoms with Crippen LogP contribution in [0, 0.1) is 6.92 Å². The molecular weight excluding hydrogens is 216 g/mol. The van der Waals surface area contributed by atoms with Crippen molar-refractivity contribution >= 4 is 23.2 Å². The number of carbonyl (C=O) groups is 2. The van der Waals surface area contributed by atoms with Crippen molar-refractivity contribution in [2.24, 2.45) is 0 Å². The molecule has 0 aliphatic heterocycles. The Bertz CT molecular complexity index is 366. The molecule has 1 rings (SSSR count). The Balaban J connectivity index is 0.00000121. The first-order chi connectivity index (χ1) is 8.00. The van der Waals surface area contributed by atoms with Gasteiger partial charge in [0.2, 0.25) is 11.8 Å². The normalized spacial score (nSPS) is 8.76. The molecule has 0 spiro atoms. The Morgan fingerprint density at radius 3 is 1.59 bits per heavy atom. The van der Waals surface area contributed by atoms with Gasteiger partial charge in [0.1, 0.15) is 0 Å². The van der Waals surface area contributed by atoms with Crippen LogP contribution in [0.25, 0.3) is 0 Å². The van der Waals surface area contributed by atoms with Gasteiger partial charge in [0.25, 0.3) is 0 Å². The highest BCUT2D eigenvalue weighted by molar-refractivity contribution is 5.94. The Kier molecular flexibility index (Phi) is 6.63. The molecule has 0 aliphatic carbocycles. The van der Waals surface area contributed by atoms with Crippen molar-refractivity contribution in [2.75, 3.05) is 10.6 Å². The summed E-state index contributed by atoms with van der Waals surface area (Å²) in [5.74, 6) is -0.254. The summed E-state index contributed by atoms with van der Waals surface area (Å²) >= 11 is 0. The number of rotatable bonds is 2. The number of nitrogens with one attached hydrogen (secondary N) is 2. The number of carbonyl (C=O) groups excluding carboxylic acids is 2. The van der Waals surface area contributed by atoms with Gasteiger partial charge in [-0.1, -0.05) is 19.9 Å². The molecule has 1 aromatic carbocycles. The number of anilines is 2. The Morgan fingerprint density at radius 1 is 0.941 bits per heavy atom. The predicted octanol–water partition coefficient (Wildman–Crippen LogP) is 2.94. The molecule has 0 radical (unpaired) electrons. The highest BCUT2D eigenvalue weighted by Gasteiger charge is 2.05. The van der Waals surface area contributed by atoms with E-state index in [2.05, 4.69) is 10.6 Å². The van der Waals surface area contributed by atoms with Gasteiger partial charge in [-0.25, -0.2) is 0 Å². The van der Waals surface area contributed by atoms with Crippen LogP contribution in [0.2, 0.25) is 0 Å². The van der Waals surface area contributed by atoms with Gasteiger partial charge in [0, 0.05) is 25.2 Å². The third-order valence-electron chi connectivity index (χ3n) is 1.96. The topological polar surface area (TPSA) is 58.2 Å². The van der Waals surface area contributed by atoms with Gasteiger partial charge in [-0.3, -0.25) is 9.59 Å². The van der Waals surface area contributed by atoms with E-state index in [0.717, 1.165) is 5.56 Å². The molecule has 2 N–H and O–H groups in total. The zero-order valence-corrected chi connectivity index (χ0v) is 11.0. The van der Waals surface area contributed by atoms with Gasteiger partial charge in [-0.15, -0.1) is 0 Å². The van der Waals surface area contributed by atoms with E-state index in [4.69, 9.17) is 0 Å². The number of amides is 2. The fourth-order valence-electron chi connectivity index (χ4n) is 1.29. The van der Waals surface area contributed by atoms with Gasteiger partial charge < -0.3 is 10.6 Å². The summed E-state index contributed by atoms with van der Waals surface area (Å²) in [6.07, 6.45) is 0. The highest BCUT2D eigenvalue weighted by atomic mass is 16.2. The minimum atomic E-state index is -0.127. The van der Waals surface area contributed by atoms with Crippen LogP contribution in [0.1, 0.15) is 33.3 Å². The molecule has 0 unspecified atom stereocenters. The van der Waals surface area contributed by atoms with E-state index in [9.17, 15) is 9.59 Å². The standard InChI is InChI=1S/C11H14N2O2.C2H6/c1-7-10(12-8(2)14)5-4-6-11(7)13-9(3)15;1-2/h4-6H,1-3H3,(H,12,14)(H,13,15);1-2H3. The highest BCUT2D eigenvalue weighted by Crippen LogP contribution is 2.23. The summed E-state index contributed by atoms with van der Waals surface area (Å²) < 4.78 is 0. The fraction of sp³-hybridized carbons (Fsp3) is 0.385. The molecule has 0 aliphatic rings. The molecule has 2 amide bonds. The van der Waals surface area contributed by atoms with Crippen molar-refractivity contribution < 1.29 is 9.59 Å². The SMILES string of the molecule is CC.CC(=O)Nc1cccc(NC(C)=O)c1C. The largest absolute Gasteiger partial charge is 0.326 e. The second-order valence-electron chi connectivity index (χ2n) is 3.34. The van der Waals surface area contributed by atoms with Crippen molar-refractivity contribution in [1.29, 1.82) is 0 Å². The Hall–Kier alpha value is -1.84. The van der Waals surface area contributed by atoms with Crippen LogP contribution in [-0.2, 0) is 9.59 Å². The summed E-state index contributed by atoms with van der Waals surface area (Å²) in [4.78, 5) is 21.8. The van der Waals surface area contributed by atoms with Crippen LogP contribution < -0.4 is 10.6 Å². The van der Waals surface area contributed by atoms with E-state index in [1.807, 2.05) is 20.8 Å². The monoisotopic (exact) mass is 236 g/mol. The maximum atomic E-state index is 10.9. The molecule has 1 aromatic rings. The second-order valence-corrected chi connectivity index (χ2v) is 3.34. The number of hydrogen-bond donors (Lipinski definition) is 2. The van der Waals surface area contributed by atoms with Crippen LogP contribution in [-0.4, -0.2) is 11.8 Å². The lowest BCUT2D eigenvalue weighted by atomic mass is 10.1. The molecule has 0 heterocycles. The Morgan fingerprint density at radius 2 is 1.29 bits per heavy atom. The van der Waals surface area contributed by atoms with Crippen molar-refractivity contribution in [2.45, 2.75) is 34.6 Å². The second kappa shape index (κ2) is 7.44. The summed E-state index contributed by atoms with van der Waals surface area (Å²) in [6, 6.07) is 5.37. The number of hydrogen-bond acceptors (Lipinski definition) is 2. The third-order valence-corrected chi connectivity index (χ3v) is 1.96. The predicted molar refractivity (Wildman–Crippen MR) is 71.1 cm³/mol. The summed E-state index contributed by atoms with van der Waals surface area (Å²) in [7, 11) is 0. The van der Waals surface area contributed by atoms with Crippen LogP contribution in [0.15, 0.2) is 18.2 Å². The van der Waals surface area contributed by atoms with Gasteiger partial charge in [-0.2, -0.15) is 0 Å². The van der Waals surface area contributed by atoms with Gasteiger partial charge in [0.15, 0.2) is 0 Å². The lowest BCUT2D eigenvalue weighted by Crippen LogP contribution is -2.11. The molecule has 4 heteroatoms. The smallest absolute Gasteiger partial charge is 0.221 e.